The lowest BCUT2D eigenvalue weighted by molar-refractivity contribution is -0.139. The number of urea groups is 1. The number of primary amides is 2. The van der Waals surface area contributed by atoms with Gasteiger partial charge in [0.05, 0.1) is 0 Å². The van der Waals surface area contributed by atoms with E-state index in [9.17, 15) is 19.2 Å². The molecule has 0 saturated carbocycles. The van der Waals surface area contributed by atoms with Crippen LogP contribution in [0.4, 0.5) is 4.79 Å². The van der Waals surface area contributed by atoms with Gasteiger partial charge in [-0.3, -0.25) is 9.59 Å². The lowest BCUT2D eigenvalue weighted by Gasteiger charge is -2.16. The number of carboxylic acid groups (broad SMARTS) is 1. The van der Waals surface area contributed by atoms with Gasteiger partial charge in [-0.15, -0.1) is 0 Å². The second-order valence-electron chi connectivity index (χ2n) is 3.64. The molecule has 0 spiro atoms. The number of rotatable bonds is 7. The lowest BCUT2D eigenvalue weighted by atomic mass is 10.1. The quantitative estimate of drug-likeness (QED) is 0.352. The van der Waals surface area contributed by atoms with Crippen LogP contribution in [0.1, 0.15) is 19.8 Å². The molecular formula is C9H16N4O5. The zero-order valence-corrected chi connectivity index (χ0v) is 9.80. The first kappa shape index (κ1) is 15.7. The molecule has 9 heteroatoms. The van der Waals surface area contributed by atoms with Crippen LogP contribution in [-0.4, -0.2) is 41.0 Å². The average molecular weight is 260 g/mol. The van der Waals surface area contributed by atoms with Crippen LogP contribution in [-0.2, 0) is 14.4 Å². The third kappa shape index (κ3) is 6.30. The molecule has 0 rings (SSSR count). The molecule has 1 unspecified atom stereocenters. The molecule has 0 fully saturated rings. The van der Waals surface area contributed by atoms with Crippen LogP contribution < -0.4 is 22.1 Å². The Morgan fingerprint density at radius 1 is 1.17 bits per heavy atom. The number of carbonyl (C=O) groups is 4. The van der Waals surface area contributed by atoms with Gasteiger partial charge >= 0.3 is 12.0 Å². The molecule has 2 atom stereocenters. The summed E-state index contributed by atoms with van der Waals surface area (Å²) >= 11 is 0. The number of nitrogens with two attached hydrogens (primary N) is 2. The Hall–Kier alpha value is -2.32. The summed E-state index contributed by atoms with van der Waals surface area (Å²) in [5, 5.41) is 13.0. The van der Waals surface area contributed by atoms with Crippen LogP contribution in [0.15, 0.2) is 0 Å². The molecule has 7 N–H and O–H groups in total. The van der Waals surface area contributed by atoms with Crippen molar-refractivity contribution in [1.82, 2.24) is 10.6 Å². The summed E-state index contributed by atoms with van der Waals surface area (Å²) in [4.78, 5) is 43.3. The molecule has 0 aromatic carbocycles. The highest BCUT2D eigenvalue weighted by atomic mass is 16.4. The molecule has 102 valence electrons. The first-order valence-electron chi connectivity index (χ1n) is 5.11. The topological polar surface area (TPSA) is 165 Å². The maximum absolute atomic E-state index is 11.3. The average Bonchev–Trinajstić information content (AvgIpc) is 2.23. The van der Waals surface area contributed by atoms with Crippen molar-refractivity contribution >= 4 is 23.8 Å². The summed E-state index contributed by atoms with van der Waals surface area (Å²) < 4.78 is 0. The van der Waals surface area contributed by atoms with Gasteiger partial charge in [0.15, 0.2) is 0 Å². The maximum atomic E-state index is 11.3. The number of carboxylic acids is 1. The fourth-order valence-electron chi connectivity index (χ4n) is 1.01. The van der Waals surface area contributed by atoms with E-state index >= 15 is 0 Å². The summed E-state index contributed by atoms with van der Waals surface area (Å²) in [6, 6.07) is -3.06. The van der Waals surface area contributed by atoms with E-state index in [1.807, 2.05) is 0 Å². The number of hydrogen-bond acceptors (Lipinski definition) is 4. The van der Waals surface area contributed by atoms with E-state index in [0.29, 0.717) is 0 Å². The first-order valence-corrected chi connectivity index (χ1v) is 5.11. The van der Waals surface area contributed by atoms with Crippen molar-refractivity contribution in [3.63, 3.8) is 0 Å². The molecule has 0 heterocycles. The van der Waals surface area contributed by atoms with Gasteiger partial charge in [0.1, 0.15) is 12.1 Å². The van der Waals surface area contributed by atoms with Crippen LogP contribution in [0.3, 0.4) is 0 Å². The van der Waals surface area contributed by atoms with Crippen LogP contribution in [0, 0.1) is 0 Å². The Bertz CT molecular complexity index is 357. The molecule has 9 nitrogen and oxygen atoms in total. The van der Waals surface area contributed by atoms with Crippen molar-refractivity contribution in [2.24, 2.45) is 11.5 Å². The summed E-state index contributed by atoms with van der Waals surface area (Å²) in [6.07, 6.45) is -0.314. The third-order valence-corrected chi connectivity index (χ3v) is 2.06. The number of nitrogens with one attached hydrogen (secondary N) is 2. The van der Waals surface area contributed by atoms with Gasteiger partial charge in [-0.1, -0.05) is 0 Å². The molecule has 0 aromatic heterocycles. The second-order valence-corrected chi connectivity index (χ2v) is 3.64. The lowest BCUT2D eigenvalue weighted by Crippen LogP contribution is -2.51. The van der Waals surface area contributed by atoms with Crippen molar-refractivity contribution in [3.05, 3.63) is 0 Å². The highest BCUT2D eigenvalue weighted by Gasteiger charge is 2.21. The largest absolute Gasteiger partial charge is 0.480 e. The SMILES string of the molecule is CC(NC(=O)N[C@@H](CCC(N)=O)C(=O)O)C(N)=O. The Kier molecular flexibility index (Phi) is 6.18. The minimum atomic E-state index is -1.31. The molecule has 0 aromatic rings. The van der Waals surface area contributed by atoms with Crippen molar-refractivity contribution in [1.29, 1.82) is 0 Å². The zero-order chi connectivity index (χ0) is 14.3. The molecule has 0 aliphatic rings. The Morgan fingerprint density at radius 3 is 2.11 bits per heavy atom. The van der Waals surface area contributed by atoms with Crippen LogP contribution >= 0.6 is 0 Å². The van der Waals surface area contributed by atoms with Gasteiger partial charge in [0.25, 0.3) is 0 Å². The first-order chi connectivity index (χ1) is 8.23. The normalized spacial score (nSPS) is 13.2. The Morgan fingerprint density at radius 2 is 1.72 bits per heavy atom. The van der Waals surface area contributed by atoms with Gasteiger partial charge in [0.2, 0.25) is 11.8 Å². The molecule has 0 aliphatic heterocycles. The maximum Gasteiger partial charge on any atom is 0.326 e. The number of carbonyl (C=O) groups excluding carboxylic acids is 3. The summed E-state index contributed by atoms with van der Waals surface area (Å²) in [5.41, 5.74) is 9.79. The smallest absolute Gasteiger partial charge is 0.326 e. The molecule has 0 bridgehead atoms. The molecule has 0 saturated heterocycles. The van der Waals surface area contributed by atoms with Crippen LogP contribution in [0.5, 0.6) is 0 Å². The minimum Gasteiger partial charge on any atom is -0.480 e. The highest BCUT2D eigenvalue weighted by Crippen LogP contribution is 1.97. The van der Waals surface area contributed by atoms with Gasteiger partial charge < -0.3 is 27.2 Å². The van der Waals surface area contributed by atoms with Gasteiger partial charge in [-0.2, -0.15) is 0 Å². The van der Waals surface area contributed by atoms with E-state index < -0.39 is 35.9 Å². The van der Waals surface area contributed by atoms with Crippen LogP contribution in [0.25, 0.3) is 0 Å². The molecule has 4 amide bonds. The number of aliphatic carboxylic acids is 1. The summed E-state index contributed by atoms with van der Waals surface area (Å²) in [7, 11) is 0. The molecule has 0 radical (unpaired) electrons. The Balaban J connectivity index is 4.32. The zero-order valence-electron chi connectivity index (χ0n) is 9.80. The van der Waals surface area contributed by atoms with Crippen molar-refractivity contribution in [2.45, 2.75) is 31.8 Å². The fraction of sp³-hybridized carbons (Fsp3) is 0.556. The number of hydrogen-bond donors (Lipinski definition) is 5. The van der Waals surface area contributed by atoms with Crippen molar-refractivity contribution in [2.75, 3.05) is 0 Å². The van der Waals surface area contributed by atoms with E-state index in [4.69, 9.17) is 16.6 Å². The number of amides is 4. The Labute approximate surface area is 103 Å². The summed E-state index contributed by atoms with van der Waals surface area (Å²) in [5.74, 6) is -2.73. The van der Waals surface area contributed by atoms with E-state index in [-0.39, 0.29) is 12.8 Å². The predicted molar refractivity (Wildman–Crippen MR) is 60.2 cm³/mol. The highest BCUT2D eigenvalue weighted by molar-refractivity contribution is 5.87. The van der Waals surface area contributed by atoms with E-state index in [0.717, 1.165) is 0 Å². The minimum absolute atomic E-state index is 0.136. The summed E-state index contributed by atoms with van der Waals surface area (Å²) in [6.45, 7) is 1.35. The van der Waals surface area contributed by atoms with E-state index in [2.05, 4.69) is 10.6 Å². The molecule has 18 heavy (non-hydrogen) atoms. The molecule has 0 aliphatic carbocycles. The van der Waals surface area contributed by atoms with E-state index in [1.165, 1.54) is 6.92 Å². The standard InChI is InChI=1S/C9H16N4O5/c1-4(7(11)15)12-9(18)13-5(8(16)17)2-3-6(10)14/h4-5H,2-3H2,1H3,(H2,10,14)(H2,11,15)(H,16,17)(H2,12,13,18)/t4?,5-/m0/s1. The van der Waals surface area contributed by atoms with Gasteiger partial charge in [-0.05, 0) is 13.3 Å². The van der Waals surface area contributed by atoms with Crippen molar-refractivity contribution in [3.8, 4) is 0 Å². The monoisotopic (exact) mass is 260 g/mol. The van der Waals surface area contributed by atoms with Crippen molar-refractivity contribution < 1.29 is 24.3 Å². The second kappa shape index (κ2) is 7.09. The molecular weight excluding hydrogens is 244 g/mol. The third-order valence-electron chi connectivity index (χ3n) is 2.06. The van der Waals surface area contributed by atoms with Gasteiger partial charge in [-0.25, -0.2) is 9.59 Å². The fourth-order valence-corrected chi connectivity index (χ4v) is 1.01. The van der Waals surface area contributed by atoms with Crippen LogP contribution in [0.2, 0.25) is 0 Å². The van der Waals surface area contributed by atoms with E-state index in [1.54, 1.807) is 0 Å². The predicted octanol–water partition coefficient (Wildman–Crippen LogP) is -2.12. The van der Waals surface area contributed by atoms with Gasteiger partial charge in [0, 0.05) is 6.42 Å².